The Morgan fingerprint density at radius 1 is 1.27 bits per heavy atom. The van der Waals surface area contributed by atoms with Crippen molar-refractivity contribution in [3.05, 3.63) is 0 Å². The van der Waals surface area contributed by atoms with Crippen LogP contribution in [0.2, 0.25) is 0 Å². The van der Waals surface area contributed by atoms with Crippen molar-refractivity contribution in [3.8, 4) is 0 Å². The first-order chi connectivity index (χ1) is 6.88. The van der Waals surface area contributed by atoms with Crippen LogP contribution in [0.4, 0.5) is 0 Å². The maximum Gasteiger partial charge on any atom is 0.224 e. The summed E-state index contributed by atoms with van der Waals surface area (Å²) in [5.74, 6) is -0.547. The number of primary amides is 1. The third-order valence-electron chi connectivity index (χ3n) is 2.29. The highest BCUT2D eigenvalue weighted by atomic mass is 16.2. The number of hydrogen-bond donors (Lipinski definition) is 3. The molecule has 0 saturated carbocycles. The van der Waals surface area contributed by atoms with Crippen molar-refractivity contribution in [2.75, 3.05) is 6.54 Å². The minimum Gasteiger partial charge on any atom is -0.370 e. The molecule has 0 radical (unpaired) electrons. The van der Waals surface area contributed by atoms with Crippen LogP contribution in [0.3, 0.4) is 0 Å². The van der Waals surface area contributed by atoms with Gasteiger partial charge in [-0.3, -0.25) is 9.59 Å². The van der Waals surface area contributed by atoms with E-state index in [1.807, 2.05) is 13.8 Å². The fourth-order valence-electron chi connectivity index (χ4n) is 1.38. The van der Waals surface area contributed by atoms with Crippen LogP contribution in [-0.2, 0) is 9.59 Å². The normalized spacial score (nSPS) is 14.7. The van der Waals surface area contributed by atoms with Crippen molar-refractivity contribution in [2.45, 2.75) is 33.2 Å². The molecule has 2 amide bonds. The Bertz CT molecular complexity index is 229. The Kier molecular flexibility index (Phi) is 5.93. The van der Waals surface area contributed by atoms with E-state index in [4.69, 9.17) is 11.5 Å². The van der Waals surface area contributed by atoms with Gasteiger partial charge in [-0.05, 0) is 12.8 Å². The maximum absolute atomic E-state index is 11.7. The van der Waals surface area contributed by atoms with E-state index < -0.39 is 5.91 Å². The molecule has 0 saturated heterocycles. The van der Waals surface area contributed by atoms with Crippen molar-refractivity contribution in [1.82, 2.24) is 5.32 Å². The van der Waals surface area contributed by atoms with E-state index in [0.717, 1.165) is 0 Å². The highest BCUT2D eigenvalue weighted by Crippen LogP contribution is 2.09. The van der Waals surface area contributed by atoms with E-state index in [-0.39, 0.29) is 30.2 Å². The molecule has 0 aromatic rings. The van der Waals surface area contributed by atoms with Gasteiger partial charge in [-0.2, -0.15) is 0 Å². The zero-order chi connectivity index (χ0) is 12.0. The van der Waals surface area contributed by atoms with Gasteiger partial charge in [-0.15, -0.1) is 0 Å². The lowest BCUT2D eigenvalue weighted by Crippen LogP contribution is -2.43. The SMILES string of the molecule is CC(CC(N)=O)NC(=O)C(CN)C(C)C. The average Bonchev–Trinajstić information content (AvgIpc) is 2.01. The van der Waals surface area contributed by atoms with Gasteiger partial charge in [-0.25, -0.2) is 0 Å². The van der Waals surface area contributed by atoms with Crippen LogP contribution in [0.1, 0.15) is 27.2 Å². The molecule has 2 unspecified atom stereocenters. The minimum atomic E-state index is -0.420. The Balaban J connectivity index is 4.16. The Morgan fingerprint density at radius 2 is 1.80 bits per heavy atom. The van der Waals surface area contributed by atoms with Crippen molar-refractivity contribution < 1.29 is 9.59 Å². The van der Waals surface area contributed by atoms with Crippen LogP contribution >= 0.6 is 0 Å². The smallest absolute Gasteiger partial charge is 0.224 e. The van der Waals surface area contributed by atoms with Gasteiger partial charge in [-0.1, -0.05) is 13.8 Å². The molecule has 0 spiro atoms. The molecule has 88 valence electrons. The number of nitrogens with two attached hydrogens (primary N) is 2. The van der Waals surface area contributed by atoms with Gasteiger partial charge in [0.05, 0.1) is 5.92 Å². The quantitative estimate of drug-likeness (QED) is 0.562. The molecular formula is C10H21N3O2. The molecular weight excluding hydrogens is 194 g/mol. The molecule has 0 aliphatic carbocycles. The van der Waals surface area contributed by atoms with Gasteiger partial charge in [0.1, 0.15) is 0 Å². The van der Waals surface area contributed by atoms with Crippen LogP contribution in [0.15, 0.2) is 0 Å². The van der Waals surface area contributed by atoms with Crippen LogP contribution < -0.4 is 16.8 Å². The van der Waals surface area contributed by atoms with Gasteiger partial charge in [0.25, 0.3) is 0 Å². The highest BCUT2D eigenvalue weighted by Gasteiger charge is 2.21. The zero-order valence-electron chi connectivity index (χ0n) is 9.62. The third kappa shape index (κ3) is 5.37. The summed E-state index contributed by atoms with van der Waals surface area (Å²) in [6.07, 6.45) is 0.154. The summed E-state index contributed by atoms with van der Waals surface area (Å²) in [5.41, 5.74) is 10.5. The van der Waals surface area contributed by atoms with Crippen molar-refractivity contribution in [2.24, 2.45) is 23.3 Å². The van der Waals surface area contributed by atoms with Crippen LogP contribution in [0, 0.1) is 11.8 Å². The van der Waals surface area contributed by atoms with E-state index in [0.29, 0.717) is 6.54 Å². The third-order valence-corrected chi connectivity index (χ3v) is 2.29. The van der Waals surface area contributed by atoms with E-state index >= 15 is 0 Å². The summed E-state index contributed by atoms with van der Waals surface area (Å²) < 4.78 is 0. The second-order valence-corrected chi connectivity index (χ2v) is 4.17. The van der Waals surface area contributed by atoms with Crippen molar-refractivity contribution in [1.29, 1.82) is 0 Å². The maximum atomic E-state index is 11.7. The minimum absolute atomic E-state index is 0.110. The van der Waals surface area contributed by atoms with Crippen LogP contribution in [-0.4, -0.2) is 24.4 Å². The summed E-state index contributed by atoms with van der Waals surface area (Å²) in [6, 6.07) is -0.234. The number of hydrogen-bond acceptors (Lipinski definition) is 3. The predicted molar refractivity (Wildman–Crippen MR) is 58.8 cm³/mol. The summed E-state index contributed by atoms with van der Waals surface area (Å²) in [6.45, 7) is 5.94. The topological polar surface area (TPSA) is 98.2 Å². The number of carbonyl (C=O) groups is 2. The molecule has 0 aliphatic rings. The standard InChI is InChI=1S/C10H21N3O2/c1-6(2)8(5-11)10(15)13-7(3)4-9(12)14/h6-8H,4-5,11H2,1-3H3,(H2,12,14)(H,13,15). The molecule has 2 atom stereocenters. The van der Waals surface area contributed by atoms with Crippen LogP contribution in [0.5, 0.6) is 0 Å². The fraction of sp³-hybridized carbons (Fsp3) is 0.800. The number of rotatable bonds is 6. The van der Waals surface area contributed by atoms with E-state index in [2.05, 4.69) is 5.32 Å². The monoisotopic (exact) mass is 215 g/mol. The van der Waals surface area contributed by atoms with Gasteiger partial charge in [0.15, 0.2) is 0 Å². The molecule has 0 aliphatic heterocycles. The van der Waals surface area contributed by atoms with E-state index in [1.165, 1.54) is 0 Å². The van der Waals surface area contributed by atoms with Crippen molar-refractivity contribution in [3.63, 3.8) is 0 Å². The molecule has 0 aromatic heterocycles. The van der Waals surface area contributed by atoms with Crippen molar-refractivity contribution >= 4 is 11.8 Å². The number of carbonyl (C=O) groups excluding carboxylic acids is 2. The number of nitrogens with one attached hydrogen (secondary N) is 1. The molecule has 5 nitrogen and oxygen atoms in total. The van der Waals surface area contributed by atoms with E-state index in [9.17, 15) is 9.59 Å². The molecule has 5 N–H and O–H groups in total. The molecule has 15 heavy (non-hydrogen) atoms. The Labute approximate surface area is 90.6 Å². The Hall–Kier alpha value is -1.10. The molecule has 5 heteroatoms. The number of amides is 2. The second kappa shape index (κ2) is 6.40. The second-order valence-electron chi connectivity index (χ2n) is 4.17. The predicted octanol–water partition coefficient (Wildman–Crippen LogP) is -0.403. The van der Waals surface area contributed by atoms with Gasteiger partial charge >= 0.3 is 0 Å². The Morgan fingerprint density at radius 3 is 2.13 bits per heavy atom. The van der Waals surface area contributed by atoms with E-state index in [1.54, 1.807) is 6.92 Å². The molecule has 0 bridgehead atoms. The summed E-state index contributed by atoms with van der Waals surface area (Å²) in [4.78, 5) is 22.3. The molecule has 0 fully saturated rings. The fourth-order valence-corrected chi connectivity index (χ4v) is 1.38. The van der Waals surface area contributed by atoms with Gasteiger partial charge < -0.3 is 16.8 Å². The summed E-state index contributed by atoms with van der Waals surface area (Å²) >= 11 is 0. The first-order valence-electron chi connectivity index (χ1n) is 5.17. The molecule has 0 rings (SSSR count). The highest BCUT2D eigenvalue weighted by molar-refractivity contribution is 5.80. The lowest BCUT2D eigenvalue weighted by Gasteiger charge is -2.20. The molecule has 0 heterocycles. The average molecular weight is 215 g/mol. The van der Waals surface area contributed by atoms with Crippen LogP contribution in [0.25, 0.3) is 0 Å². The largest absolute Gasteiger partial charge is 0.370 e. The molecule has 0 aromatic carbocycles. The lowest BCUT2D eigenvalue weighted by atomic mass is 9.95. The summed E-state index contributed by atoms with van der Waals surface area (Å²) in [5, 5.41) is 2.72. The van der Waals surface area contributed by atoms with Gasteiger partial charge in [0.2, 0.25) is 11.8 Å². The summed E-state index contributed by atoms with van der Waals surface area (Å²) in [7, 11) is 0. The lowest BCUT2D eigenvalue weighted by molar-refractivity contribution is -0.126. The van der Waals surface area contributed by atoms with Gasteiger partial charge in [0, 0.05) is 19.0 Å². The first-order valence-corrected chi connectivity index (χ1v) is 5.17. The zero-order valence-corrected chi connectivity index (χ0v) is 9.62. The first kappa shape index (κ1) is 13.9.